The second-order valence-corrected chi connectivity index (χ2v) is 8.32. The van der Waals surface area contributed by atoms with E-state index in [0.717, 1.165) is 20.0 Å². The molecule has 0 saturated heterocycles. The number of carbonyl (C=O) groups excluding carboxylic acids is 1. The van der Waals surface area contributed by atoms with Gasteiger partial charge in [0.2, 0.25) is 0 Å². The van der Waals surface area contributed by atoms with Gasteiger partial charge in [0.25, 0.3) is 5.91 Å². The molecule has 0 atom stereocenters. The van der Waals surface area contributed by atoms with Gasteiger partial charge in [0.15, 0.2) is 5.76 Å². The molecule has 6 heteroatoms. The molecule has 1 amide bonds. The number of para-hydroxylation sites is 2. The Hall–Kier alpha value is -2.96. The van der Waals surface area contributed by atoms with Crippen molar-refractivity contribution in [1.82, 2.24) is 0 Å². The number of anilines is 1. The molecule has 0 unspecified atom stereocenters. The van der Waals surface area contributed by atoms with Gasteiger partial charge in [-0.15, -0.1) is 0 Å². The lowest BCUT2D eigenvalue weighted by Gasteiger charge is -2.10. The third-order valence-corrected chi connectivity index (χ3v) is 5.94. The van der Waals surface area contributed by atoms with Crippen molar-refractivity contribution in [2.45, 2.75) is 16.4 Å². The highest BCUT2D eigenvalue weighted by Crippen LogP contribution is 2.33. The van der Waals surface area contributed by atoms with Crippen molar-refractivity contribution in [3.8, 4) is 5.75 Å². The van der Waals surface area contributed by atoms with E-state index < -0.39 is 0 Å². The third kappa shape index (κ3) is 5.14. The van der Waals surface area contributed by atoms with Crippen molar-refractivity contribution in [1.29, 1.82) is 0 Å². The summed E-state index contributed by atoms with van der Waals surface area (Å²) in [6, 6.07) is 28.7. The molecule has 0 aliphatic heterocycles. The van der Waals surface area contributed by atoms with Crippen LogP contribution in [-0.2, 0) is 6.61 Å². The van der Waals surface area contributed by atoms with Gasteiger partial charge in [-0.1, -0.05) is 54.2 Å². The first-order valence-corrected chi connectivity index (χ1v) is 10.9. The molecule has 3 aromatic carbocycles. The van der Waals surface area contributed by atoms with E-state index in [-0.39, 0.29) is 18.3 Å². The largest absolute Gasteiger partial charge is 0.484 e. The van der Waals surface area contributed by atoms with E-state index in [1.165, 1.54) is 0 Å². The van der Waals surface area contributed by atoms with Crippen LogP contribution in [0.5, 0.6) is 5.75 Å². The Morgan fingerprint density at radius 2 is 1.63 bits per heavy atom. The van der Waals surface area contributed by atoms with E-state index in [1.807, 2.05) is 78.9 Å². The Kier molecular flexibility index (Phi) is 6.57. The smallest absolute Gasteiger partial charge is 0.291 e. The molecular weight excluding hydrogens is 462 g/mol. The quantitative estimate of drug-likeness (QED) is 0.309. The molecule has 1 aromatic heterocycles. The molecule has 0 spiro atoms. The first kappa shape index (κ1) is 20.3. The summed E-state index contributed by atoms with van der Waals surface area (Å²) >= 11 is 5.04. The number of furan rings is 1. The summed E-state index contributed by atoms with van der Waals surface area (Å²) in [5.41, 5.74) is 0.735. The number of benzene rings is 3. The van der Waals surface area contributed by atoms with E-state index in [4.69, 9.17) is 9.15 Å². The van der Waals surface area contributed by atoms with E-state index in [9.17, 15) is 4.79 Å². The number of halogens is 1. The zero-order chi connectivity index (χ0) is 20.8. The SMILES string of the molecule is O=C(Nc1ccccc1Sc1ccccc1)c1ccc(COc2ccccc2Br)o1. The van der Waals surface area contributed by atoms with Crippen molar-refractivity contribution in [2.24, 2.45) is 0 Å². The third-order valence-electron chi connectivity index (χ3n) is 4.20. The van der Waals surface area contributed by atoms with Gasteiger partial charge in [0, 0.05) is 9.79 Å². The van der Waals surface area contributed by atoms with Gasteiger partial charge in [0.1, 0.15) is 18.1 Å². The van der Waals surface area contributed by atoms with Crippen LogP contribution in [-0.4, -0.2) is 5.91 Å². The Balaban J connectivity index is 1.42. The Morgan fingerprint density at radius 3 is 2.47 bits per heavy atom. The lowest BCUT2D eigenvalue weighted by atomic mass is 10.3. The molecule has 4 rings (SSSR count). The Labute approximate surface area is 187 Å². The molecule has 4 aromatic rings. The van der Waals surface area contributed by atoms with E-state index >= 15 is 0 Å². The number of carbonyl (C=O) groups is 1. The number of rotatable bonds is 7. The normalized spacial score (nSPS) is 10.6. The van der Waals surface area contributed by atoms with Crippen molar-refractivity contribution in [3.05, 3.63) is 107 Å². The molecule has 150 valence electrons. The maximum absolute atomic E-state index is 12.7. The van der Waals surface area contributed by atoms with E-state index in [1.54, 1.807) is 23.9 Å². The van der Waals surface area contributed by atoms with Crippen molar-refractivity contribution >= 4 is 39.3 Å². The van der Waals surface area contributed by atoms with Crippen LogP contribution in [0.15, 0.2) is 110 Å². The molecule has 1 N–H and O–H groups in total. The zero-order valence-corrected chi connectivity index (χ0v) is 18.3. The molecular formula is C24H18BrNO3S. The predicted octanol–water partition coefficient (Wildman–Crippen LogP) is 7.02. The van der Waals surface area contributed by atoms with Crippen LogP contribution in [0.1, 0.15) is 16.3 Å². The number of hydrogen-bond acceptors (Lipinski definition) is 4. The highest BCUT2D eigenvalue weighted by molar-refractivity contribution is 9.10. The van der Waals surface area contributed by atoms with Gasteiger partial charge >= 0.3 is 0 Å². The molecule has 1 heterocycles. The summed E-state index contributed by atoms with van der Waals surface area (Å²) in [6.45, 7) is 0.232. The Bertz CT molecular complexity index is 1140. The molecule has 0 aliphatic rings. The fraction of sp³-hybridized carbons (Fsp3) is 0.0417. The van der Waals surface area contributed by atoms with Crippen LogP contribution in [0.4, 0.5) is 5.69 Å². The minimum Gasteiger partial charge on any atom is -0.484 e. The monoisotopic (exact) mass is 479 g/mol. The highest BCUT2D eigenvalue weighted by Gasteiger charge is 2.14. The average Bonchev–Trinajstić information content (AvgIpc) is 3.25. The van der Waals surface area contributed by atoms with E-state index in [0.29, 0.717) is 11.5 Å². The minimum atomic E-state index is -0.303. The molecule has 0 saturated carbocycles. The molecule has 0 radical (unpaired) electrons. The number of amides is 1. The average molecular weight is 480 g/mol. The second-order valence-electron chi connectivity index (χ2n) is 6.35. The topological polar surface area (TPSA) is 51.5 Å². The maximum Gasteiger partial charge on any atom is 0.291 e. The number of ether oxygens (including phenoxy) is 1. The van der Waals surface area contributed by atoms with Crippen molar-refractivity contribution < 1.29 is 13.9 Å². The van der Waals surface area contributed by atoms with Crippen LogP contribution in [0.25, 0.3) is 0 Å². The fourth-order valence-corrected chi connectivity index (χ4v) is 4.07. The summed E-state index contributed by atoms with van der Waals surface area (Å²) < 4.78 is 12.3. The summed E-state index contributed by atoms with van der Waals surface area (Å²) in [7, 11) is 0. The zero-order valence-electron chi connectivity index (χ0n) is 15.9. The molecule has 0 fully saturated rings. The van der Waals surface area contributed by atoms with Gasteiger partial charge < -0.3 is 14.5 Å². The molecule has 4 nitrogen and oxygen atoms in total. The second kappa shape index (κ2) is 9.69. The summed E-state index contributed by atoms with van der Waals surface area (Å²) in [5, 5.41) is 2.94. The van der Waals surface area contributed by atoms with Crippen LogP contribution in [0.3, 0.4) is 0 Å². The van der Waals surface area contributed by atoms with Gasteiger partial charge in [-0.05, 0) is 64.5 Å². The van der Waals surface area contributed by atoms with Gasteiger partial charge in [-0.2, -0.15) is 0 Å². The standard InChI is InChI=1S/C24H18BrNO3S/c25-19-10-4-6-12-21(19)28-16-17-14-15-22(29-17)24(27)26-20-11-5-7-13-23(20)30-18-8-2-1-3-9-18/h1-15H,16H2,(H,26,27). The van der Waals surface area contributed by atoms with Crippen LogP contribution in [0.2, 0.25) is 0 Å². The van der Waals surface area contributed by atoms with Crippen molar-refractivity contribution in [2.75, 3.05) is 5.32 Å². The van der Waals surface area contributed by atoms with Crippen LogP contribution >= 0.6 is 27.7 Å². The summed E-state index contributed by atoms with van der Waals surface area (Å²) in [5.74, 6) is 1.22. The minimum absolute atomic E-state index is 0.232. The summed E-state index contributed by atoms with van der Waals surface area (Å²) in [6.07, 6.45) is 0. The molecule has 0 aliphatic carbocycles. The predicted molar refractivity (Wildman–Crippen MR) is 122 cm³/mol. The number of nitrogens with one attached hydrogen (secondary N) is 1. The lowest BCUT2D eigenvalue weighted by Crippen LogP contribution is -2.11. The lowest BCUT2D eigenvalue weighted by molar-refractivity contribution is 0.0992. The Morgan fingerprint density at radius 1 is 0.900 bits per heavy atom. The highest BCUT2D eigenvalue weighted by atomic mass is 79.9. The first-order chi connectivity index (χ1) is 14.7. The maximum atomic E-state index is 12.7. The van der Waals surface area contributed by atoms with E-state index in [2.05, 4.69) is 21.2 Å². The number of hydrogen-bond donors (Lipinski definition) is 1. The first-order valence-electron chi connectivity index (χ1n) is 9.28. The van der Waals surface area contributed by atoms with Gasteiger partial charge in [-0.3, -0.25) is 4.79 Å². The van der Waals surface area contributed by atoms with Crippen LogP contribution in [0, 0.1) is 0 Å². The molecule has 30 heavy (non-hydrogen) atoms. The fourth-order valence-electron chi connectivity index (χ4n) is 2.75. The van der Waals surface area contributed by atoms with Gasteiger partial charge in [-0.25, -0.2) is 0 Å². The van der Waals surface area contributed by atoms with Gasteiger partial charge in [0.05, 0.1) is 10.2 Å². The summed E-state index contributed by atoms with van der Waals surface area (Å²) in [4.78, 5) is 14.8. The molecule has 0 bridgehead atoms. The van der Waals surface area contributed by atoms with Crippen molar-refractivity contribution in [3.63, 3.8) is 0 Å². The van der Waals surface area contributed by atoms with Crippen LogP contribution < -0.4 is 10.1 Å².